The van der Waals surface area contributed by atoms with E-state index in [1.807, 2.05) is 0 Å². The standard InChI is InChI=1S/C21H36N2/c1-2-14-21(17-11-7-4-8-12-17)15-13-18(22)19(20(21)23)16-9-5-3-6-10-16/h13,15-18H,2-12,14,22-23H2,1H3. The van der Waals surface area contributed by atoms with E-state index in [0.29, 0.717) is 5.92 Å². The van der Waals surface area contributed by atoms with Gasteiger partial charge in [0, 0.05) is 17.2 Å². The summed E-state index contributed by atoms with van der Waals surface area (Å²) in [5, 5.41) is 0. The van der Waals surface area contributed by atoms with E-state index in [2.05, 4.69) is 19.1 Å². The van der Waals surface area contributed by atoms with Gasteiger partial charge >= 0.3 is 0 Å². The Bertz CT molecular complexity index is 452. The van der Waals surface area contributed by atoms with Crippen molar-refractivity contribution in [3.8, 4) is 0 Å². The van der Waals surface area contributed by atoms with Gasteiger partial charge in [0.05, 0.1) is 0 Å². The zero-order valence-corrected chi connectivity index (χ0v) is 15.0. The van der Waals surface area contributed by atoms with E-state index in [1.54, 1.807) is 0 Å². The van der Waals surface area contributed by atoms with Crippen LogP contribution in [0.3, 0.4) is 0 Å². The molecule has 2 heteroatoms. The Hall–Kier alpha value is -0.760. The predicted octanol–water partition coefficient (Wildman–Crippen LogP) is 5.04. The van der Waals surface area contributed by atoms with Gasteiger partial charge in [0.1, 0.15) is 0 Å². The van der Waals surface area contributed by atoms with Crippen molar-refractivity contribution in [2.24, 2.45) is 28.7 Å². The SMILES string of the molecule is CCCC1(C2CCCCC2)C=CC(N)C(C2CCCCC2)=C1N. The van der Waals surface area contributed by atoms with E-state index in [9.17, 15) is 0 Å². The summed E-state index contributed by atoms with van der Waals surface area (Å²) in [6.07, 6.45) is 20.7. The van der Waals surface area contributed by atoms with Gasteiger partial charge in [-0.25, -0.2) is 0 Å². The molecule has 0 spiro atoms. The van der Waals surface area contributed by atoms with Crippen LogP contribution in [0.5, 0.6) is 0 Å². The monoisotopic (exact) mass is 316 g/mol. The molecule has 2 atom stereocenters. The molecule has 0 heterocycles. The van der Waals surface area contributed by atoms with Gasteiger partial charge in [-0.3, -0.25) is 0 Å². The number of hydrogen-bond donors (Lipinski definition) is 2. The van der Waals surface area contributed by atoms with Crippen molar-refractivity contribution < 1.29 is 0 Å². The van der Waals surface area contributed by atoms with Gasteiger partial charge in [0.2, 0.25) is 0 Å². The second-order valence-electron chi connectivity index (χ2n) is 8.21. The van der Waals surface area contributed by atoms with Crippen LogP contribution < -0.4 is 11.5 Å². The Kier molecular flexibility index (Phi) is 5.51. The zero-order chi connectivity index (χ0) is 16.3. The van der Waals surface area contributed by atoms with E-state index in [0.717, 1.165) is 5.92 Å². The minimum absolute atomic E-state index is 0.0617. The first-order valence-corrected chi connectivity index (χ1v) is 10.1. The maximum Gasteiger partial charge on any atom is 0.0463 e. The van der Waals surface area contributed by atoms with E-state index in [-0.39, 0.29) is 11.5 Å². The first kappa shape index (κ1) is 17.1. The highest BCUT2D eigenvalue weighted by Gasteiger charge is 2.43. The largest absolute Gasteiger partial charge is 0.401 e. The first-order chi connectivity index (χ1) is 11.2. The number of allylic oxidation sites excluding steroid dienone is 1. The van der Waals surface area contributed by atoms with Gasteiger partial charge in [-0.15, -0.1) is 0 Å². The molecule has 4 N–H and O–H groups in total. The molecule has 2 nitrogen and oxygen atoms in total. The molecule has 3 aliphatic carbocycles. The molecule has 2 unspecified atom stereocenters. The van der Waals surface area contributed by atoms with E-state index in [1.165, 1.54) is 88.3 Å². The number of hydrogen-bond acceptors (Lipinski definition) is 2. The topological polar surface area (TPSA) is 52.0 Å². The first-order valence-electron chi connectivity index (χ1n) is 10.1. The molecule has 2 saturated carbocycles. The molecular weight excluding hydrogens is 280 g/mol. The van der Waals surface area contributed by atoms with Gasteiger partial charge in [0.15, 0.2) is 0 Å². The molecule has 0 amide bonds. The molecule has 0 aromatic heterocycles. The third-order valence-electron chi connectivity index (χ3n) is 6.81. The highest BCUT2D eigenvalue weighted by Crippen LogP contribution is 2.51. The van der Waals surface area contributed by atoms with Crippen molar-refractivity contribution in [1.82, 2.24) is 0 Å². The zero-order valence-electron chi connectivity index (χ0n) is 15.0. The van der Waals surface area contributed by atoms with Gasteiger partial charge in [0.25, 0.3) is 0 Å². The molecule has 0 aromatic carbocycles. The molecule has 3 aliphatic rings. The van der Waals surface area contributed by atoms with Gasteiger partial charge in [-0.1, -0.05) is 64.0 Å². The Morgan fingerprint density at radius 2 is 1.61 bits per heavy atom. The average molecular weight is 317 g/mol. The van der Waals surface area contributed by atoms with Crippen molar-refractivity contribution in [2.45, 2.75) is 90.0 Å². The molecule has 0 radical (unpaired) electrons. The molecule has 0 aliphatic heterocycles. The summed E-state index contributed by atoms with van der Waals surface area (Å²) in [5.41, 5.74) is 16.2. The van der Waals surface area contributed by atoms with Crippen molar-refractivity contribution in [3.05, 3.63) is 23.4 Å². The molecule has 0 bridgehead atoms. The Morgan fingerprint density at radius 1 is 1.00 bits per heavy atom. The summed E-state index contributed by atoms with van der Waals surface area (Å²) in [4.78, 5) is 0. The van der Waals surface area contributed by atoms with Crippen LogP contribution in [0.4, 0.5) is 0 Å². The second kappa shape index (κ2) is 7.42. The average Bonchev–Trinajstić information content (AvgIpc) is 2.60. The van der Waals surface area contributed by atoms with Gasteiger partial charge in [-0.2, -0.15) is 0 Å². The van der Waals surface area contributed by atoms with Crippen LogP contribution in [-0.4, -0.2) is 6.04 Å². The molecule has 0 aromatic rings. The molecular formula is C21H36N2. The molecule has 0 saturated heterocycles. The number of nitrogens with two attached hydrogens (primary N) is 2. The summed E-state index contributed by atoms with van der Waals surface area (Å²) in [7, 11) is 0. The molecule has 130 valence electrons. The summed E-state index contributed by atoms with van der Waals surface area (Å²) in [6, 6.07) is 0.0617. The molecule has 2 fully saturated rings. The fraction of sp³-hybridized carbons (Fsp3) is 0.810. The maximum atomic E-state index is 6.94. The van der Waals surface area contributed by atoms with Crippen molar-refractivity contribution in [2.75, 3.05) is 0 Å². The normalized spacial score (nSPS) is 34.1. The van der Waals surface area contributed by atoms with Crippen LogP contribution in [0.1, 0.15) is 84.0 Å². The van der Waals surface area contributed by atoms with Crippen LogP contribution in [0.25, 0.3) is 0 Å². The predicted molar refractivity (Wildman–Crippen MR) is 98.8 cm³/mol. The van der Waals surface area contributed by atoms with E-state index in [4.69, 9.17) is 11.5 Å². The summed E-state index contributed by atoms with van der Waals surface area (Å²) in [5.74, 6) is 1.38. The number of rotatable bonds is 4. The van der Waals surface area contributed by atoms with Gasteiger partial charge < -0.3 is 11.5 Å². The lowest BCUT2D eigenvalue weighted by atomic mass is 9.60. The summed E-state index contributed by atoms with van der Waals surface area (Å²) >= 11 is 0. The Morgan fingerprint density at radius 3 is 2.22 bits per heavy atom. The maximum absolute atomic E-state index is 6.94. The van der Waals surface area contributed by atoms with E-state index < -0.39 is 0 Å². The third kappa shape index (κ3) is 3.24. The second-order valence-corrected chi connectivity index (χ2v) is 8.21. The van der Waals surface area contributed by atoms with Crippen molar-refractivity contribution in [1.29, 1.82) is 0 Å². The van der Waals surface area contributed by atoms with Crippen LogP contribution in [-0.2, 0) is 0 Å². The minimum Gasteiger partial charge on any atom is -0.401 e. The van der Waals surface area contributed by atoms with Gasteiger partial charge in [-0.05, 0) is 49.5 Å². The van der Waals surface area contributed by atoms with Crippen LogP contribution in [0.2, 0.25) is 0 Å². The minimum atomic E-state index is 0.0617. The third-order valence-corrected chi connectivity index (χ3v) is 6.81. The molecule has 3 rings (SSSR count). The van der Waals surface area contributed by atoms with E-state index >= 15 is 0 Å². The Labute approximate surface area is 142 Å². The quantitative estimate of drug-likeness (QED) is 0.714. The van der Waals surface area contributed by atoms with Crippen LogP contribution in [0.15, 0.2) is 23.4 Å². The summed E-state index contributed by atoms with van der Waals surface area (Å²) in [6.45, 7) is 2.31. The lowest BCUT2D eigenvalue weighted by molar-refractivity contribution is 0.184. The fourth-order valence-corrected chi connectivity index (χ4v) is 5.63. The van der Waals surface area contributed by atoms with Crippen LogP contribution in [0, 0.1) is 17.3 Å². The van der Waals surface area contributed by atoms with Crippen LogP contribution >= 0.6 is 0 Å². The lowest BCUT2D eigenvalue weighted by Crippen LogP contribution is -2.43. The molecule has 23 heavy (non-hydrogen) atoms. The highest BCUT2D eigenvalue weighted by atomic mass is 14.7. The smallest absolute Gasteiger partial charge is 0.0463 e. The fourth-order valence-electron chi connectivity index (χ4n) is 5.63. The highest BCUT2D eigenvalue weighted by molar-refractivity contribution is 5.38. The lowest BCUT2D eigenvalue weighted by Gasteiger charge is -2.46. The van der Waals surface area contributed by atoms with Crippen molar-refractivity contribution >= 4 is 0 Å². The van der Waals surface area contributed by atoms with Crippen molar-refractivity contribution in [3.63, 3.8) is 0 Å². The Balaban J connectivity index is 1.96. The summed E-state index contributed by atoms with van der Waals surface area (Å²) < 4.78 is 0.